The van der Waals surface area contributed by atoms with E-state index in [0.29, 0.717) is 17.4 Å². The van der Waals surface area contributed by atoms with E-state index < -0.39 is 18.3 Å². The van der Waals surface area contributed by atoms with Crippen molar-refractivity contribution < 1.29 is 28.5 Å². The molecule has 2 aromatic rings. The number of hydrogen-bond donors (Lipinski definition) is 2. The molecular formula is C24H28N2O6. The SMILES string of the molecule is CC(C)c1ccc(NC(=O)OC2COC3C(NC(=O)COc4ccccc4)COC23)cc1. The van der Waals surface area contributed by atoms with E-state index in [4.69, 9.17) is 18.9 Å². The van der Waals surface area contributed by atoms with Crippen LogP contribution in [0, 0.1) is 0 Å². The molecule has 8 nitrogen and oxygen atoms in total. The topological polar surface area (TPSA) is 95.1 Å². The Bertz CT molecular complexity index is 918. The Morgan fingerprint density at radius 2 is 1.72 bits per heavy atom. The zero-order valence-electron chi connectivity index (χ0n) is 18.2. The zero-order chi connectivity index (χ0) is 22.5. The molecule has 2 saturated heterocycles. The summed E-state index contributed by atoms with van der Waals surface area (Å²) in [6.45, 7) is 4.62. The molecule has 4 unspecified atom stereocenters. The van der Waals surface area contributed by atoms with Crippen molar-refractivity contribution in [2.75, 3.05) is 25.1 Å². The first kappa shape index (κ1) is 22.1. The highest BCUT2D eigenvalue weighted by Crippen LogP contribution is 2.29. The van der Waals surface area contributed by atoms with Gasteiger partial charge in [0.25, 0.3) is 5.91 Å². The average molecular weight is 440 g/mol. The van der Waals surface area contributed by atoms with Gasteiger partial charge in [0.15, 0.2) is 12.7 Å². The molecule has 0 aromatic heterocycles. The Labute approximate surface area is 187 Å². The molecule has 0 saturated carbocycles. The van der Waals surface area contributed by atoms with E-state index >= 15 is 0 Å². The van der Waals surface area contributed by atoms with Crippen molar-refractivity contribution in [2.24, 2.45) is 0 Å². The monoisotopic (exact) mass is 440 g/mol. The van der Waals surface area contributed by atoms with Crippen LogP contribution in [0.2, 0.25) is 0 Å². The molecule has 2 aliphatic rings. The minimum Gasteiger partial charge on any atom is -0.484 e. The predicted molar refractivity (Wildman–Crippen MR) is 118 cm³/mol. The molecule has 0 spiro atoms. The molecule has 2 fully saturated rings. The van der Waals surface area contributed by atoms with Gasteiger partial charge in [-0.2, -0.15) is 0 Å². The van der Waals surface area contributed by atoms with Gasteiger partial charge in [0.05, 0.1) is 19.3 Å². The van der Waals surface area contributed by atoms with Gasteiger partial charge in [-0.1, -0.05) is 44.2 Å². The van der Waals surface area contributed by atoms with Gasteiger partial charge in [-0.05, 0) is 35.7 Å². The summed E-state index contributed by atoms with van der Waals surface area (Å²) >= 11 is 0. The maximum absolute atomic E-state index is 12.3. The molecule has 0 aliphatic carbocycles. The van der Waals surface area contributed by atoms with Crippen molar-refractivity contribution in [3.8, 4) is 5.75 Å². The lowest BCUT2D eigenvalue weighted by molar-refractivity contribution is -0.124. The van der Waals surface area contributed by atoms with Gasteiger partial charge in [-0.15, -0.1) is 0 Å². The van der Waals surface area contributed by atoms with Crippen LogP contribution in [0.25, 0.3) is 0 Å². The van der Waals surface area contributed by atoms with Crippen LogP contribution in [0.3, 0.4) is 0 Å². The predicted octanol–water partition coefficient (Wildman–Crippen LogP) is 3.09. The summed E-state index contributed by atoms with van der Waals surface area (Å²) < 4.78 is 22.5. The summed E-state index contributed by atoms with van der Waals surface area (Å²) in [5, 5.41) is 5.61. The van der Waals surface area contributed by atoms with E-state index in [1.165, 1.54) is 5.56 Å². The molecule has 2 aromatic carbocycles. The van der Waals surface area contributed by atoms with Gasteiger partial charge >= 0.3 is 6.09 Å². The summed E-state index contributed by atoms with van der Waals surface area (Å²) in [6, 6.07) is 16.4. The van der Waals surface area contributed by atoms with Crippen molar-refractivity contribution in [3.05, 3.63) is 60.2 Å². The van der Waals surface area contributed by atoms with Crippen LogP contribution in [0.4, 0.5) is 10.5 Å². The first-order valence-corrected chi connectivity index (χ1v) is 10.8. The maximum Gasteiger partial charge on any atom is 0.412 e. The molecule has 2 heterocycles. The fraction of sp³-hybridized carbons (Fsp3) is 0.417. The number of anilines is 1. The third-order valence-electron chi connectivity index (χ3n) is 5.55. The molecule has 2 N–H and O–H groups in total. The molecule has 2 amide bonds. The third-order valence-corrected chi connectivity index (χ3v) is 5.55. The summed E-state index contributed by atoms with van der Waals surface area (Å²) in [4.78, 5) is 24.6. The molecule has 0 bridgehead atoms. The van der Waals surface area contributed by atoms with Crippen LogP contribution < -0.4 is 15.4 Å². The number of para-hydroxylation sites is 1. The number of rotatable bonds is 7. The van der Waals surface area contributed by atoms with Gasteiger partial charge in [-0.25, -0.2) is 4.79 Å². The molecule has 4 atom stereocenters. The van der Waals surface area contributed by atoms with E-state index in [2.05, 4.69) is 24.5 Å². The lowest BCUT2D eigenvalue weighted by Gasteiger charge is -2.18. The number of hydrogen-bond acceptors (Lipinski definition) is 6. The highest BCUT2D eigenvalue weighted by atomic mass is 16.6. The summed E-state index contributed by atoms with van der Waals surface area (Å²) in [7, 11) is 0. The quantitative estimate of drug-likeness (QED) is 0.687. The Kier molecular flexibility index (Phi) is 6.92. The molecular weight excluding hydrogens is 412 g/mol. The second-order valence-corrected chi connectivity index (χ2v) is 8.22. The van der Waals surface area contributed by atoms with Crippen LogP contribution >= 0.6 is 0 Å². The Balaban J connectivity index is 1.23. The summed E-state index contributed by atoms with van der Waals surface area (Å²) in [5.74, 6) is 0.777. The summed E-state index contributed by atoms with van der Waals surface area (Å²) in [5.41, 5.74) is 1.85. The van der Waals surface area contributed by atoms with Crippen molar-refractivity contribution >= 4 is 17.7 Å². The van der Waals surface area contributed by atoms with Crippen LogP contribution in [-0.4, -0.2) is 56.2 Å². The number of carbonyl (C=O) groups is 2. The highest BCUT2D eigenvalue weighted by molar-refractivity contribution is 5.84. The van der Waals surface area contributed by atoms with E-state index in [0.717, 1.165) is 0 Å². The van der Waals surface area contributed by atoms with E-state index in [9.17, 15) is 9.59 Å². The number of fused-ring (bicyclic) bond motifs is 1. The zero-order valence-corrected chi connectivity index (χ0v) is 18.2. The number of amides is 2. The first-order chi connectivity index (χ1) is 15.5. The number of ether oxygens (including phenoxy) is 4. The number of carbonyl (C=O) groups excluding carboxylic acids is 2. The van der Waals surface area contributed by atoms with Crippen LogP contribution in [0.15, 0.2) is 54.6 Å². The van der Waals surface area contributed by atoms with Crippen LogP contribution in [-0.2, 0) is 19.0 Å². The minimum atomic E-state index is -0.566. The maximum atomic E-state index is 12.3. The fourth-order valence-electron chi connectivity index (χ4n) is 3.84. The Hall–Kier alpha value is -3.10. The van der Waals surface area contributed by atoms with Crippen molar-refractivity contribution in [3.63, 3.8) is 0 Å². The highest BCUT2D eigenvalue weighted by Gasteiger charge is 2.50. The van der Waals surface area contributed by atoms with Crippen molar-refractivity contribution in [1.29, 1.82) is 0 Å². The smallest absolute Gasteiger partial charge is 0.412 e. The van der Waals surface area contributed by atoms with Gasteiger partial charge in [0.2, 0.25) is 0 Å². The Morgan fingerprint density at radius 1 is 1.00 bits per heavy atom. The molecule has 0 radical (unpaired) electrons. The molecule has 170 valence electrons. The number of benzene rings is 2. The minimum absolute atomic E-state index is 0.101. The normalized spacial score (nSPS) is 24.1. The van der Waals surface area contributed by atoms with Gasteiger partial charge < -0.3 is 24.3 Å². The first-order valence-electron chi connectivity index (χ1n) is 10.8. The standard InChI is InChI=1S/C24H28N2O6/c1-15(2)16-8-10-17(11-9-16)25-24(28)32-20-13-31-22-19(12-30-23(20)22)26-21(27)14-29-18-6-4-3-5-7-18/h3-11,15,19-20,22-23H,12-14H2,1-2H3,(H,25,28)(H,26,27). The molecule has 8 heteroatoms. The second-order valence-electron chi connectivity index (χ2n) is 8.22. The molecule has 2 aliphatic heterocycles. The van der Waals surface area contributed by atoms with E-state index in [1.807, 2.05) is 42.5 Å². The van der Waals surface area contributed by atoms with Gasteiger partial charge in [0, 0.05) is 5.69 Å². The fourth-order valence-corrected chi connectivity index (χ4v) is 3.84. The molecule has 4 rings (SSSR count). The van der Waals surface area contributed by atoms with Crippen molar-refractivity contribution in [2.45, 2.75) is 44.1 Å². The van der Waals surface area contributed by atoms with Gasteiger partial charge in [-0.3, -0.25) is 10.1 Å². The van der Waals surface area contributed by atoms with Crippen molar-refractivity contribution in [1.82, 2.24) is 5.32 Å². The van der Waals surface area contributed by atoms with Crippen LogP contribution in [0.5, 0.6) is 5.75 Å². The summed E-state index contributed by atoms with van der Waals surface area (Å²) in [6.07, 6.45) is -1.91. The van der Waals surface area contributed by atoms with E-state index in [-0.39, 0.29) is 37.9 Å². The van der Waals surface area contributed by atoms with E-state index in [1.54, 1.807) is 12.1 Å². The van der Waals surface area contributed by atoms with Gasteiger partial charge in [0.1, 0.15) is 18.0 Å². The Morgan fingerprint density at radius 3 is 2.44 bits per heavy atom. The van der Waals surface area contributed by atoms with Crippen LogP contribution in [0.1, 0.15) is 25.3 Å². The lowest BCUT2D eigenvalue weighted by Crippen LogP contribution is -2.46. The number of nitrogens with one attached hydrogen (secondary N) is 2. The third kappa shape index (κ3) is 5.38. The lowest BCUT2D eigenvalue weighted by atomic mass is 10.0. The largest absolute Gasteiger partial charge is 0.484 e. The molecule has 32 heavy (non-hydrogen) atoms. The average Bonchev–Trinajstić information content (AvgIpc) is 3.37. The second kappa shape index (κ2) is 10.0.